The number of ketones is 1. The molecule has 0 aliphatic rings. The first kappa shape index (κ1) is 20.4. The first-order valence-corrected chi connectivity index (χ1v) is 8.97. The Kier molecular flexibility index (Phi) is 10.7. The van der Waals surface area contributed by atoms with E-state index >= 15 is 0 Å². The van der Waals surface area contributed by atoms with E-state index in [1.165, 1.54) is 51.4 Å². The van der Waals surface area contributed by atoms with Gasteiger partial charge >= 0.3 is 0 Å². The number of hydrogen-bond acceptors (Lipinski definition) is 1. The van der Waals surface area contributed by atoms with E-state index in [4.69, 9.17) is 0 Å². The molecule has 0 radical (unpaired) electrons. The number of Topliss-reactive ketones (excluding diaryl/α,β-unsaturated/α-hetero) is 1. The summed E-state index contributed by atoms with van der Waals surface area (Å²) in [4.78, 5) is 11.6. The van der Waals surface area contributed by atoms with Crippen LogP contribution >= 0.6 is 0 Å². The quantitative estimate of drug-likeness (QED) is 0.288. The third-order valence-electron chi connectivity index (χ3n) is 4.56. The van der Waals surface area contributed by atoms with Crippen molar-refractivity contribution in [2.45, 2.75) is 98.8 Å². The molecule has 0 aliphatic heterocycles. The number of rotatable bonds is 12. The molecule has 0 aromatic rings. The van der Waals surface area contributed by atoms with Gasteiger partial charge in [-0.15, -0.1) is 0 Å². The van der Waals surface area contributed by atoms with Gasteiger partial charge in [0.15, 0.2) is 5.78 Å². The van der Waals surface area contributed by atoms with Gasteiger partial charge in [-0.1, -0.05) is 72.8 Å². The fourth-order valence-corrected chi connectivity index (χ4v) is 2.90. The molecule has 0 bridgehead atoms. The molecule has 124 valence electrons. The van der Waals surface area contributed by atoms with E-state index < -0.39 is 0 Å². The van der Waals surface area contributed by atoms with Gasteiger partial charge in [0.05, 0.1) is 0 Å². The van der Waals surface area contributed by atoms with Gasteiger partial charge in [-0.3, -0.25) is 4.79 Å². The summed E-state index contributed by atoms with van der Waals surface area (Å²) in [6, 6.07) is 0. The van der Waals surface area contributed by atoms with E-state index in [2.05, 4.69) is 34.3 Å². The molecule has 1 nitrogen and oxygen atoms in total. The van der Waals surface area contributed by atoms with Crippen LogP contribution in [0.3, 0.4) is 0 Å². The summed E-state index contributed by atoms with van der Waals surface area (Å²) in [5, 5.41) is 0. The summed E-state index contributed by atoms with van der Waals surface area (Å²) in [6.45, 7) is 14.8. The van der Waals surface area contributed by atoms with Crippen LogP contribution < -0.4 is 0 Å². The van der Waals surface area contributed by atoms with Gasteiger partial charge in [0.25, 0.3) is 0 Å². The van der Waals surface area contributed by atoms with Crippen LogP contribution in [0.2, 0.25) is 0 Å². The van der Waals surface area contributed by atoms with Gasteiger partial charge in [0.1, 0.15) is 0 Å². The highest BCUT2D eigenvalue weighted by Crippen LogP contribution is 2.34. The Bertz CT molecular complexity index is 295. The highest BCUT2D eigenvalue weighted by Gasteiger charge is 2.23. The zero-order valence-electron chi connectivity index (χ0n) is 15.3. The third-order valence-corrected chi connectivity index (χ3v) is 4.56. The van der Waals surface area contributed by atoms with Crippen molar-refractivity contribution in [3.63, 3.8) is 0 Å². The fourth-order valence-electron chi connectivity index (χ4n) is 2.90. The van der Waals surface area contributed by atoms with Gasteiger partial charge in [0, 0.05) is 6.42 Å². The zero-order valence-corrected chi connectivity index (χ0v) is 15.3. The normalized spacial score (nSPS) is 13.2. The van der Waals surface area contributed by atoms with Gasteiger partial charge in [-0.05, 0) is 43.1 Å². The van der Waals surface area contributed by atoms with Crippen LogP contribution in [-0.4, -0.2) is 5.78 Å². The Morgan fingerprint density at radius 3 is 2.00 bits per heavy atom. The van der Waals surface area contributed by atoms with Crippen LogP contribution in [0.1, 0.15) is 98.8 Å². The lowest BCUT2D eigenvalue weighted by atomic mass is 9.75. The van der Waals surface area contributed by atoms with Crippen molar-refractivity contribution in [1.82, 2.24) is 0 Å². The van der Waals surface area contributed by atoms with E-state index in [9.17, 15) is 4.79 Å². The molecule has 1 heteroatoms. The average Bonchev–Trinajstić information content (AvgIpc) is 2.38. The first-order valence-electron chi connectivity index (χ1n) is 8.97. The molecule has 0 aromatic heterocycles. The number of allylic oxidation sites excluding steroid dienone is 1. The van der Waals surface area contributed by atoms with E-state index in [-0.39, 0.29) is 5.78 Å². The summed E-state index contributed by atoms with van der Waals surface area (Å²) in [5.41, 5.74) is 1.06. The van der Waals surface area contributed by atoms with Crippen molar-refractivity contribution in [3.05, 3.63) is 12.2 Å². The van der Waals surface area contributed by atoms with Crippen LogP contribution in [0.25, 0.3) is 0 Å². The molecule has 0 rings (SSSR count). The lowest BCUT2D eigenvalue weighted by Gasteiger charge is -2.31. The summed E-state index contributed by atoms with van der Waals surface area (Å²) in [6.07, 6.45) is 12.4. The highest BCUT2D eigenvalue weighted by atomic mass is 16.1. The molecule has 0 aliphatic carbocycles. The smallest absolute Gasteiger partial charge is 0.157 e. The maximum Gasteiger partial charge on any atom is 0.157 e. The molecule has 1 unspecified atom stereocenters. The molecule has 0 fully saturated rings. The molecule has 0 saturated heterocycles. The predicted octanol–water partition coefficient (Wildman–Crippen LogP) is 6.71. The monoisotopic (exact) mass is 294 g/mol. The molecule has 1 atom stereocenters. The lowest BCUT2D eigenvalue weighted by Crippen LogP contribution is -2.20. The SMILES string of the molecule is C=C(C)C(=O)CCCC(CCCCCCCC)C(C)(C)C. The van der Waals surface area contributed by atoms with Gasteiger partial charge < -0.3 is 0 Å². The topological polar surface area (TPSA) is 17.1 Å². The maximum atomic E-state index is 11.6. The van der Waals surface area contributed by atoms with Crippen molar-refractivity contribution in [3.8, 4) is 0 Å². The Balaban J connectivity index is 4.00. The van der Waals surface area contributed by atoms with Crippen molar-refractivity contribution in [1.29, 1.82) is 0 Å². The molecule has 0 spiro atoms. The zero-order chi connectivity index (χ0) is 16.3. The van der Waals surface area contributed by atoms with Crippen LogP contribution in [-0.2, 0) is 4.79 Å². The summed E-state index contributed by atoms with van der Waals surface area (Å²) in [7, 11) is 0. The second kappa shape index (κ2) is 11.0. The molecule has 0 N–H and O–H groups in total. The van der Waals surface area contributed by atoms with Crippen molar-refractivity contribution in [2.75, 3.05) is 0 Å². The summed E-state index contributed by atoms with van der Waals surface area (Å²) < 4.78 is 0. The molecular formula is C20H38O. The number of hydrogen-bond donors (Lipinski definition) is 0. The van der Waals surface area contributed by atoms with Gasteiger partial charge in [-0.2, -0.15) is 0 Å². The lowest BCUT2D eigenvalue weighted by molar-refractivity contribution is -0.115. The van der Waals surface area contributed by atoms with E-state index in [0.29, 0.717) is 17.4 Å². The maximum absolute atomic E-state index is 11.6. The summed E-state index contributed by atoms with van der Waals surface area (Å²) in [5.74, 6) is 0.976. The predicted molar refractivity (Wildman–Crippen MR) is 94.6 cm³/mol. The van der Waals surface area contributed by atoms with E-state index in [0.717, 1.165) is 12.3 Å². The van der Waals surface area contributed by atoms with Crippen molar-refractivity contribution in [2.24, 2.45) is 11.3 Å². The fraction of sp³-hybridized carbons (Fsp3) is 0.850. The number of carbonyl (C=O) groups excluding carboxylic acids is 1. The number of carbonyl (C=O) groups is 1. The van der Waals surface area contributed by atoms with Crippen LogP contribution in [0.5, 0.6) is 0 Å². The highest BCUT2D eigenvalue weighted by molar-refractivity contribution is 5.93. The van der Waals surface area contributed by atoms with Crippen LogP contribution in [0.4, 0.5) is 0 Å². The van der Waals surface area contributed by atoms with E-state index in [1.54, 1.807) is 0 Å². The molecule has 0 aromatic carbocycles. The minimum absolute atomic E-state index is 0.238. The molecule has 0 heterocycles. The Morgan fingerprint density at radius 1 is 0.952 bits per heavy atom. The van der Waals surface area contributed by atoms with Crippen LogP contribution in [0.15, 0.2) is 12.2 Å². The van der Waals surface area contributed by atoms with Crippen molar-refractivity contribution < 1.29 is 4.79 Å². The second-order valence-corrected chi connectivity index (χ2v) is 7.72. The minimum atomic E-state index is 0.238. The summed E-state index contributed by atoms with van der Waals surface area (Å²) >= 11 is 0. The minimum Gasteiger partial charge on any atom is -0.295 e. The molecule has 0 saturated carbocycles. The first-order chi connectivity index (χ1) is 9.79. The standard InChI is InChI=1S/C20H38O/c1-7-8-9-10-11-12-14-18(20(4,5)6)15-13-16-19(21)17(2)3/h18H,2,7-16H2,1,3-6H3. The Labute approximate surface area is 133 Å². The molecule has 21 heavy (non-hydrogen) atoms. The van der Waals surface area contributed by atoms with Gasteiger partial charge in [-0.25, -0.2) is 0 Å². The average molecular weight is 295 g/mol. The molecule has 0 amide bonds. The second-order valence-electron chi connectivity index (χ2n) is 7.72. The number of unbranched alkanes of at least 4 members (excludes halogenated alkanes) is 5. The van der Waals surface area contributed by atoms with Crippen molar-refractivity contribution >= 4 is 5.78 Å². The van der Waals surface area contributed by atoms with E-state index in [1.807, 2.05) is 6.92 Å². The van der Waals surface area contributed by atoms with Gasteiger partial charge in [0.2, 0.25) is 0 Å². The third kappa shape index (κ3) is 10.7. The Morgan fingerprint density at radius 2 is 1.48 bits per heavy atom. The van der Waals surface area contributed by atoms with Crippen LogP contribution in [0, 0.1) is 11.3 Å². The molecular weight excluding hydrogens is 256 g/mol. The largest absolute Gasteiger partial charge is 0.295 e. The Hall–Kier alpha value is -0.590.